The molecule has 2 atom stereocenters. The van der Waals surface area contributed by atoms with E-state index in [0.29, 0.717) is 17.2 Å². The van der Waals surface area contributed by atoms with Gasteiger partial charge in [0.15, 0.2) is 6.10 Å². The molecule has 0 aliphatic rings. The Hall–Kier alpha value is -2.60. The maximum Gasteiger partial charge on any atom is 0.260 e. The van der Waals surface area contributed by atoms with E-state index in [4.69, 9.17) is 22.1 Å². The number of benzene rings is 2. The van der Waals surface area contributed by atoms with Crippen molar-refractivity contribution in [3.05, 3.63) is 64.4 Å². The average molecular weight is 393 g/mol. The van der Waals surface area contributed by atoms with Crippen LogP contribution in [-0.2, 0) is 16.0 Å². The fourth-order valence-electron chi connectivity index (χ4n) is 2.53. The zero-order chi connectivity index (χ0) is 20.0. The molecule has 0 aromatic heterocycles. The summed E-state index contributed by atoms with van der Waals surface area (Å²) in [7, 11) is 0. The van der Waals surface area contributed by atoms with Gasteiger partial charge >= 0.3 is 0 Å². The lowest BCUT2D eigenvalue weighted by molar-refractivity contribution is -0.128. The number of carbonyl (C=O) groups is 2. The molecular formula is C20H22ClFN2O3. The molecule has 0 saturated carbocycles. The number of amides is 2. The molecule has 144 valence electrons. The highest BCUT2D eigenvalue weighted by atomic mass is 35.5. The molecule has 5 nitrogen and oxygen atoms in total. The Morgan fingerprint density at radius 3 is 2.48 bits per heavy atom. The summed E-state index contributed by atoms with van der Waals surface area (Å²) in [4.78, 5) is 24.0. The van der Waals surface area contributed by atoms with Gasteiger partial charge in [-0.05, 0) is 61.7 Å². The minimum absolute atomic E-state index is 0.0683. The van der Waals surface area contributed by atoms with Crippen molar-refractivity contribution >= 4 is 23.4 Å². The van der Waals surface area contributed by atoms with Gasteiger partial charge in [-0.1, -0.05) is 23.7 Å². The second kappa shape index (κ2) is 9.37. The largest absolute Gasteiger partial charge is 0.481 e. The number of primary amides is 1. The number of nitrogens with two attached hydrogens (primary N) is 1. The van der Waals surface area contributed by atoms with E-state index >= 15 is 0 Å². The van der Waals surface area contributed by atoms with Gasteiger partial charge in [0.05, 0.1) is 5.92 Å². The normalized spacial score (nSPS) is 12.9. The third kappa shape index (κ3) is 6.25. The van der Waals surface area contributed by atoms with E-state index in [1.807, 2.05) is 6.92 Å². The summed E-state index contributed by atoms with van der Waals surface area (Å²) < 4.78 is 18.6. The van der Waals surface area contributed by atoms with E-state index in [1.165, 1.54) is 12.1 Å². The second-order valence-corrected chi connectivity index (χ2v) is 6.78. The molecule has 2 unspecified atom stereocenters. The lowest BCUT2D eigenvalue weighted by Crippen LogP contribution is -2.42. The molecule has 0 aliphatic carbocycles. The number of aryl methyl sites for hydroxylation is 1. The van der Waals surface area contributed by atoms with Gasteiger partial charge in [0.1, 0.15) is 11.6 Å². The van der Waals surface area contributed by atoms with Crippen LogP contribution in [0.25, 0.3) is 0 Å². The summed E-state index contributed by atoms with van der Waals surface area (Å²) in [5.74, 6) is -1.31. The van der Waals surface area contributed by atoms with Crippen LogP contribution in [0.5, 0.6) is 5.75 Å². The van der Waals surface area contributed by atoms with Crippen molar-refractivity contribution in [1.82, 2.24) is 5.32 Å². The molecule has 0 radical (unpaired) electrons. The molecule has 3 N–H and O–H groups in total. The van der Waals surface area contributed by atoms with Crippen LogP contribution in [0.1, 0.15) is 18.1 Å². The molecule has 0 fully saturated rings. The fraction of sp³-hybridized carbons (Fsp3) is 0.300. The third-order valence-electron chi connectivity index (χ3n) is 4.13. The Morgan fingerprint density at radius 1 is 1.22 bits per heavy atom. The Balaban J connectivity index is 1.92. The zero-order valence-corrected chi connectivity index (χ0v) is 15.9. The summed E-state index contributed by atoms with van der Waals surface area (Å²) in [6.45, 7) is 3.51. The molecule has 0 saturated heterocycles. The number of halogens is 2. The van der Waals surface area contributed by atoms with Crippen LogP contribution < -0.4 is 15.8 Å². The van der Waals surface area contributed by atoms with E-state index < -0.39 is 17.9 Å². The number of hydrogen-bond donors (Lipinski definition) is 2. The number of hydrogen-bond acceptors (Lipinski definition) is 3. The number of nitrogens with one attached hydrogen (secondary N) is 1. The number of carbonyl (C=O) groups excluding carboxylic acids is 2. The number of ether oxygens (including phenoxy) is 1. The minimum atomic E-state index is -0.760. The first-order valence-electron chi connectivity index (χ1n) is 8.50. The summed E-state index contributed by atoms with van der Waals surface area (Å²) in [6.07, 6.45) is -0.453. The van der Waals surface area contributed by atoms with E-state index in [-0.39, 0.29) is 18.3 Å². The minimum Gasteiger partial charge on any atom is -0.481 e. The van der Waals surface area contributed by atoms with Crippen molar-refractivity contribution in [2.24, 2.45) is 11.7 Å². The van der Waals surface area contributed by atoms with Crippen molar-refractivity contribution in [1.29, 1.82) is 0 Å². The average Bonchev–Trinajstić information content (AvgIpc) is 2.62. The lowest BCUT2D eigenvalue weighted by Gasteiger charge is -2.19. The van der Waals surface area contributed by atoms with E-state index in [2.05, 4.69) is 5.32 Å². The van der Waals surface area contributed by atoms with Gasteiger partial charge in [0.2, 0.25) is 5.91 Å². The molecule has 0 bridgehead atoms. The van der Waals surface area contributed by atoms with Crippen LogP contribution in [0, 0.1) is 18.7 Å². The van der Waals surface area contributed by atoms with Gasteiger partial charge in [0.25, 0.3) is 5.91 Å². The van der Waals surface area contributed by atoms with Crippen molar-refractivity contribution in [2.75, 3.05) is 6.54 Å². The zero-order valence-electron chi connectivity index (χ0n) is 15.2. The van der Waals surface area contributed by atoms with Crippen molar-refractivity contribution in [3.8, 4) is 5.75 Å². The van der Waals surface area contributed by atoms with Gasteiger partial charge < -0.3 is 15.8 Å². The molecule has 27 heavy (non-hydrogen) atoms. The molecule has 2 amide bonds. The fourth-order valence-corrected chi connectivity index (χ4v) is 2.76. The lowest BCUT2D eigenvalue weighted by atomic mass is 9.98. The molecule has 2 aromatic carbocycles. The van der Waals surface area contributed by atoms with Crippen LogP contribution in [0.15, 0.2) is 42.5 Å². The molecule has 7 heteroatoms. The topological polar surface area (TPSA) is 81.4 Å². The van der Waals surface area contributed by atoms with Crippen LogP contribution >= 0.6 is 11.6 Å². The Bertz CT molecular complexity index is 811. The third-order valence-corrected chi connectivity index (χ3v) is 4.37. The smallest absolute Gasteiger partial charge is 0.260 e. The number of rotatable bonds is 8. The highest BCUT2D eigenvalue weighted by molar-refractivity contribution is 6.30. The Labute approximate surface area is 162 Å². The van der Waals surface area contributed by atoms with Gasteiger partial charge in [-0.2, -0.15) is 0 Å². The summed E-state index contributed by atoms with van der Waals surface area (Å²) in [6, 6.07) is 10.9. The predicted octanol–water partition coefficient (Wildman–Crippen LogP) is 3.02. The first-order valence-corrected chi connectivity index (χ1v) is 8.88. The monoisotopic (exact) mass is 392 g/mol. The summed E-state index contributed by atoms with van der Waals surface area (Å²) in [5, 5.41) is 3.27. The Kier molecular flexibility index (Phi) is 7.19. The maximum absolute atomic E-state index is 13.0. The van der Waals surface area contributed by atoms with Gasteiger partial charge in [0, 0.05) is 11.6 Å². The SMILES string of the molecule is Cc1cc(Cl)ccc1OC(C)C(=O)NCC(Cc1ccc(F)cc1)C(N)=O. The van der Waals surface area contributed by atoms with Crippen molar-refractivity contribution in [2.45, 2.75) is 26.4 Å². The second-order valence-electron chi connectivity index (χ2n) is 6.34. The molecule has 2 rings (SSSR count). The van der Waals surface area contributed by atoms with E-state index in [9.17, 15) is 14.0 Å². The van der Waals surface area contributed by atoms with E-state index in [0.717, 1.165) is 11.1 Å². The summed E-state index contributed by atoms with van der Waals surface area (Å²) >= 11 is 5.91. The molecule has 0 spiro atoms. The van der Waals surface area contributed by atoms with E-state index in [1.54, 1.807) is 37.3 Å². The van der Waals surface area contributed by atoms with Gasteiger partial charge in [-0.15, -0.1) is 0 Å². The van der Waals surface area contributed by atoms with Gasteiger partial charge in [-0.25, -0.2) is 4.39 Å². The van der Waals surface area contributed by atoms with Crippen molar-refractivity contribution < 1.29 is 18.7 Å². The molecule has 0 aliphatic heterocycles. The predicted molar refractivity (Wildman–Crippen MR) is 102 cm³/mol. The first kappa shape index (κ1) is 20.7. The van der Waals surface area contributed by atoms with Crippen molar-refractivity contribution in [3.63, 3.8) is 0 Å². The molecular weight excluding hydrogens is 371 g/mol. The van der Waals surface area contributed by atoms with Crippen LogP contribution in [0.4, 0.5) is 4.39 Å². The van der Waals surface area contributed by atoms with Crippen LogP contribution in [0.3, 0.4) is 0 Å². The van der Waals surface area contributed by atoms with Crippen LogP contribution in [0.2, 0.25) is 5.02 Å². The summed E-state index contributed by atoms with van der Waals surface area (Å²) in [5.41, 5.74) is 7.00. The Morgan fingerprint density at radius 2 is 1.89 bits per heavy atom. The van der Waals surface area contributed by atoms with Gasteiger partial charge in [-0.3, -0.25) is 9.59 Å². The molecule has 2 aromatic rings. The highest BCUT2D eigenvalue weighted by Crippen LogP contribution is 2.22. The maximum atomic E-state index is 13.0. The van der Waals surface area contributed by atoms with Crippen LogP contribution in [-0.4, -0.2) is 24.5 Å². The quantitative estimate of drug-likeness (QED) is 0.724. The first-order chi connectivity index (χ1) is 12.8. The highest BCUT2D eigenvalue weighted by Gasteiger charge is 2.21. The molecule has 0 heterocycles. The standard InChI is InChI=1S/C20H22ClFN2O3/c1-12-9-16(21)5-8-18(12)27-13(2)20(26)24-11-15(19(23)25)10-14-3-6-17(22)7-4-14/h3-9,13,15H,10-11H2,1-2H3,(H2,23,25)(H,24,26).